The number of fused-ring (bicyclic) bond motifs is 6. The fourth-order valence-corrected chi connectivity index (χ4v) is 7.39. The molecule has 41 heavy (non-hydrogen) atoms. The molecule has 5 heterocycles. The number of hydrogen-bond donors (Lipinski definition) is 2. The van der Waals surface area contributed by atoms with Gasteiger partial charge in [0.1, 0.15) is 23.7 Å². The zero-order chi connectivity index (χ0) is 28.2. The predicted octanol–water partition coefficient (Wildman–Crippen LogP) is 6.00. The molecule has 4 saturated heterocycles. The van der Waals surface area contributed by atoms with Crippen molar-refractivity contribution >= 4 is 39.1 Å². The van der Waals surface area contributed by atoms with E-state index in [0.717, 1.165) is 56.1 Å². The highest BCUT2D eigenvalue weighted by molar-refractivity contribution is 6.35. The van der Waals surface area contributed by atoms with E-state index in [-0.39, 0.29) is 39.9 Å². The average molecular weight is 576 g/mol. The molecule has 8 rings (SSSR count). The minimum absolute atomic E-state index is 0.0460. The topological polar surface area (TPSA) is 73.8 Å². The van der Waals surface area contributed by atoms with Crippen LogP contribution in [0.4, 0.5) is 10.2 Å². The van der Waals surface area contributed by atoms with Crippen LogP contribution < -0.4 is 15.0 Å². The molecule has 4 aromatic rings. The Labute approximate surface area is 244 Å². The first-order chi connectivity index (χ1) is 19.9. The number of halogens is 2. The third kappa shape index (κ3) is 4.86. The second-order valence-electron chi connectivity index (χ2n) is 12.1. The van der Waals surface area contributed by atoms with Gasteiger partial charge in [0.05, 0.1) is 5.02 Å². The molecule has 2 unspecified atom stereocenters. The zero-order valence-corrected chi connectivity index (χ0v) is 24.2. The maximum atomic E-state index is 16.8. The number of aromatic nitrogens is 2. The molecule has 0 radical (unpaired) electrons. The summed E-state index contributed by atoms with van der Waals surface area (Å²) in [6.45, 7) is 5.36. The van der Waals surface area contributed by atoms with Crippen molar-refractivity contribution in [3.05, 3.63) is 53.3 Å². The van der Waals surface area contributed by atoms with Gasteiger partial charge in [-0.25, -0.2) is 4.39 Å². The van der Waals surface area contributed by atoms with Crippen molar-refractivity contribution < 1.29 is 14.2 Å². The lowest BCUT2D eigenvalue weighted by Gasteiger charge is -2.38. The highest BCUT2D eigenvalue weighted by atomic mass is 35.5. The van der Waals surface area contributed by atoms with Gasteiger partial charge in [-0.05, 0) is 73.2 Å². The molecule has 4 aliphatic rings. The largest absolute Gasteiger partial charge is 0.508 e. The van der Waals surface area contributed by atoms with Crippen LogP contribution in [0.3, 0.4) is 0 Å². The Hall–Kier alpha value is -3.20. The highest BCUT2D eigenvalue weighted by Crippen LogP contribution is 2.43. The lowest BCUT2D eigenvalue weighted by molar-refractivity contribution is 0.188. The van der Waals surface area contributed by atoms with Gasteiger partial charge >= 0.3 is 6.01 Å². The number of benzene rings is 3. The first-order valence-electron chi connectivity index (χ1n) is 14.6. The number of phenolic OH excluding ortho intramolecular Hbond substituents is 1. The zero-order valence-electron chi connectivity index (χ0n) is 23.4. The molecule has 1 aromatic heterocycles. The van der Waals surface area contributed by atoms with Crippen LogP contribution in [0.15, 0.2) is 42.5 Å². The average Bonchev–Trinajstić information content (AvgIpc) is 3.11. The molecule has 2 N–H and O–H groups in total. The predicted molar refractivity (Wildman–Crippen MR) is 162 cm³/mol. The maximum Gasteiger partial charge on any atom is 0.319 e. The van der Waals surface area contributed by atoms with Gasteiger partial charge in [0.15, 0.2) is 5.82 Å². The molecule has 4 aliphatic heterocycles. The van der Waals surface area contributed by atoms with Crippen molar-refractivity contribution in [2.24, 2.45) is 5.92 Å². The van der Waals surface area contributed by atoms with Crippen LogP contribution >= 0.6 is 11.6 Å². The third-order valence-electron chi connectivity index (χ3n) is 9.12. The van der Waals surface area contributed by atoms with E-state index in [1.807, 2.05) is 24.3 Å². The summed E-state index contributed by atoms with van der Waals surface area (Å²) in [6.07, 6.45) is 4.33. The molecule has 4 fully saturated rings. The summed E-state index contributed by atoms with van der Waals surface area (Å²) in [4.78, 5) is 14.2. The number of nitrogens with zero attached hydrogens (tertiary/aromatic N) is 4. The molecule has 0 amide bonds. The highest BCUT2D eigenvalue weighted by Gasteiger charge is 2.34. The molecular weight excluding hydrogens is 541 g/mol. The Balaban J connectivity index is 1.39. The van der Waals surface area contributed by atoms with Gasteiger partial charge < -0.3 is 20.1 Å². The van der Waals surface area contributed by atoms with E-state index >= 15 is 4.39 Å². The van der Waals surface area contributed by atoms with Crippen molar-refractivity contribution in [3.8, 4) is 22.9 Å². The van der Waals surface area contributed by atoms with Crippen molar-refractivity contribution in [1.82, 2.24) is 20.2 Å². The molecule has 214 valence electrons. The first-order valence-corrected chi connectivity index (χ1v) is 15.0. The fourth-order valence-electron chi connectivity index (χ4n) is 7.09. The second kappa shape index (κ2) is 10.6. The standard InChI is InChI=1S/C32H35ClFN5O2/c1-18-10-22(38(2)15-18)17-41-32-36-30-26(31(37-32)39-16-20-7-5-8-21(39)14-35-20)13-27(33)28(29(30)34)25-12-23(40)11-19-6-3-4-9-24(19)25/h3-4,6,9,11-13,18,20-22,35,40H,5,7-8,10,14-17H2,1-2H3/t18-,20?,21?,22+/m1/s1. The van der Waals surface area contributed by atoms with Crippen LogP contribution in [0.1, 0.15) is 32.6 Å². The van der Waals surface area contributed by atoms with Crippen LogP contribution in [-0.2, 0) is 0 Å². The van der Waals surface area contributed by atoms with E-state index in [9.17, 15) is 5.11 Å². The Morgan fingerprint density at radius 3 is 2.80 bits per heavy atom. The summed E-state index contributed by atoms with van der Waals surface area (Å²) in [5.41, 5.74) is 0.913. The number of likely N-dealkylation sites (N-methyl/N-ethyl adjacent to an activating group) is 1. The summed E-state index contributed by atoms with van der Waals surface area (Å²) in [6, 6.07) is 13.6. The number of ether oxygens (including phenoxy) is 1. The summed E-state index contributed by atoms with van der Waals surface area (Å²) in [5.74, 6) is 0.775. The van der Waals surface area contributed by atoms with Crippen molar-refractivity contribution in [3.63, 3.8) is 0 Å². The normalized spacial score (nSPS) is 24.8. The fraction of sp³-hybridized carbons (Fsp3) is 0.438. The monoisotopic (exact) mass is 575 g/mol. The Morgan fingerprint density at radius 2 is 1.98 bits per heavy atom. The van der Waals surface area contributed by atoms with E-state index in [2.05, 4.69) is 34.1 Å². The minimum Gasteiger partial charge on any atom is -0.508 e. The molecule has 9 heteroatoms. The lowest BCUT2D eigenvalue weighted by Crippen LogP contribution is -2.54. The van der Waals surface area contributed by atoms with Crippen LogP contribution in [0.25, 0.3) is 32.8 Å². The molecule has 0 spiro atoms. The summed E-state index contributed by atoms with van der Waals surface area (Å²) < 4.78 is 23.0. The minimum atomic E-state index is -0.540. The lowest BCUT2D eigenvalue weighted by atomic mass is 9.96. The number of hydrogen-bond acceptors (Lipinski definition) is 7. The van der Waals surface area contributed by atoms with Crippen LogP contribution in [0.5, 0.6) is 11.8 Å². The molecule has 0 aliphatic carbocycles. The smallest absolute Gasteiger partial charge is 0.319 e. The van der Waals surface area contributed by atoms with E-state index in [0.29, 0.717) is 35.3 Å². The van der Waals surface area contributed by atoms with Gasteiger partial charge in [-0.1, -0.05) is 42.8 Å². The molecule has 3 aromatic carbocycles. The van der Waals surface area contributed by atoms with Crippen molar-refractivity contribution in [2.75, 3.05) is 38.2 Å². The molecule has 7 nitrogen and oxygen atoms in total. The van der Waals surface area contributed by atoms with Gasteiger partial charge in [0.25, 0.3) is 0 Å². The van der Waals surface area contributed by atoms with Crippen molar-refractivity contribution in [1.29, 1.82) is 0 Å². The van der Waals surface area contributed by atoms with E-state index in [1.165, 1.54) is 0 Å². The van der Waals surface area contributed by atoms with E-state index in [4.69, 9.17) is 21.3 Å². The number of phenols is 1. The maximum absolute atomic E-state index is 16.8. The van der Waals surface area contributed by atoms with E-state index < -0.39 is 5.82 Å². The molecule has 4 atom stereocenters. The Kier molecular flexibility index (Phi) is 6.88. The van der Waals surface area contributed by atoms with Crippen LogP contribution in [0, 0.1) is 11.7 Å². The van der Waals surface area contributed by atoms with Gasteiger partial charge in [0.2, 0.25) is 0 Å². The second-order valence-corrected chi connectivity index (χ2v) is 12.5. The molecule has 0 saturated carbocycles. The number of piperazine rings is 1. The number of anilines is 1. The Morgan fingerprint density at radius 1 is 1.12 bits per heavy atom. The van der Waals surface area contributed by atoms with Crippen LogP contribution in [0.2, 0.25) is 5.02 Å². The van der Waals surface area contributed by atoms with Gasteiger partial charge in [-0.2, -0.15) is 9.97 Å². The first kappa shape index (κ1) is 26.7. The van der Waals surface area contributed by atoms with Crippen LogP contribution in [-0.4, -0.2) is 71.4 Å². The SMILES string of the molecule is C[C@@H]1C[C@@H](COc2nc(N3CC4CCCC3CN4)c3cc(Cl)c(-c4cc(O)cc5ccccc45)c(F)c3n2)N(C)C1. The number of rotatable bonds is 5. The quantitative estimate of drug-likeness (QED) is 0.302. The molecular formula is C32H35ClFN5O2. The third-order valence-corrected chi connectivity index (χ3v) is 9.42. The summed E-state index contributed by atoms with van der Waals surface area (Å²) >= 11 is 6.89. The number of aromatic hydroxyl groups is 1. The van der Waals surface area contributed by atoms with Gasteiger partial charge in [0, 0.05) is 48.7 Å². The number of likely N-dealkylation sites (tertiary alicyclic amines) is 1. The molecule has 2 bridgehead atoms. The summed E-state index contributed by atoms with van der Waals surface area (Å²) in [7, 11) is 2.11. The Bertz CT molecular complexity index is 1630. The van der Waals surface area contributed by atoms with Gasteiger partial charge in [-0.15, -0.1) is 0 Å². The van der Waals surface area contributed by atoms with Gasteiger partial charge in [-0.3, -0.25) is 4.90 Å². The van der Waals surface area contributed by atoms with E-state index in [1.54, 1.807) is 18.2 Å². The summed E-state index contributed by atoms with van der Waals surface area (Å²) in [5, 5.41) is 16.6. The number of nitrogens with one attached hydrogen (secondary N) is 1. The van der Waals surface area contributed by atoms with Crippen molar-refractivity contribution in [2.45, 2.75) is 50.7 Å².